The van der Waals surface area contributed by atoms with Crippen LogP contribution in [0.4, 0.5) is 5.69 Å². The van der Waals surface area contributed by atoms with E-state index in [1.165, 1.54) is 0 Å². The summed E-state index contributed by atoms with van der Waals surface area (Å²) < 4.78 is 12.1. The molecule has 0 N–H and O–H groups in total. The summed E-state index contributed by atoms with van der Waals surface area (Å²) in [5.41, 5.74) is 2.51. The number of hydrogen-bond acceptors (Lipinski definition) is 4. The number of nitro groups is 1. The van der Waals surface area contributed by atoms with Crippen molar-refractivity contribution >= 4 is 5.69 Å². The molecular weight excluding hydrogens is 294 g/mol. The minimum atomic E-state index is -0.988. The lowest BCUT2D eigenvalue weighted by atomic mass is 9.93. The van der Waals surface area contributed by atoms with E-state index in [1.54, 1.807) is 12.1 Å². The van der Waals surface area contributed by atoms with Crippen molar-refractivity contribution in [2.75, 3.05) is 13.2 Å². The smallest absolute Gasteiger partial charge is 0.272 e. The van der Waals surface area contributed by atoms with Gasteiger partial charge in [0.1, 0.15) is 0 Å². The summed E-state index contributed by atoms with van der Waals surface area (Å²) in [5, 5.41) is 11.2. The summed E-state index contributed by atoms with van der Waals surface area (Å²) in [5.74, 6) is -0.988. The van der Waals surface area contributed by atoms with Crippen LogP contribution in [0, 0.1) is 10.1 Å². The molecular formula is C18H19NO4. The van der Waals surface area contributed by atoms with Gasteiger partial charge in [-0.15, -0.1) is 0 Å². The first-order valence-electron chi connectivity index (χ1n) is 7.78. The van der Waals surface area contributed by atoms with Gasteiger partial charge in [-0.3, -0.25) is 10.1 Å². The van der Waals surface area contributed by atoms with Crippen molar-refractivity contribution < 1.29 is 14.4 Å². The van der Waals surface area contributed by atoms with Gasteiger partial charge in [0, 0.05) is 22.8 Å². The van der Waals surface area contributed by atoms with Crippen molar-refractivity contribution in [3.05, 3.63) is 75.3 Å². The monoisotopic (exact) mass is 313 g/mol. The Morgan fingerprint density at radius 3 is 2.39 bits per heavy atom. The molecule has 0 atom stereocenters. The Morgan fingerprint density at radius 1 is 1.09 bits per heavy atom. The third-order valence-electron chi connectivity index (χ3n) is 4.09. The zero-order valence-electron chi connectivity index (χ0n) is 13.0. The van der Waals surface area contributed by atoms with Crippen LogP contribution in [0.2, 0.25) is 0 Å². The summed E-state index contributed by atoms with van der Waals surface area (Å²) in [4.78, 5) is 10.8. The van der Waals surface area contributed by atoms with Gasteiger partial charge in [-0.25, -0.2) is 0 Å². The first kappa shape index (κ1) is 15.6. The molecule has 0 aliphatic carbocycles. The first-order chi connectivity index (χ1) is 11.2. The van der Waals surface area contributed by atoms with Gasteiger partial charge in [0.2, 0.25) is 5.79 Å². The van der Waals surface area contributed by atoms with E-state index >= 15 is 0 Å². The van der Waals surface area contributed by atoms with Gasteiger partial charge in [0.15, 0.2) is 0 Å². The van der Waals surface area contributed by atoms with Crippen LogP contribution >= 0.6 is 0 Å². The van der Waals surface area contributed by atoms with Crippen molar-refractivity contribution in [1.82, 2.24) is 0 Å². The van der Waals surface area contributed by atoms with E-state index in [1.807, 2.05) is 43.3 Å². The Balaban J connectivity index is 2.13. The lowest BCUT2D eigenvalue weighted by molar-refractivity contribution is -0.385. The molecule has 120 valence electrons. The van der Waals surface area contributed by atoms with Gasteiger partial charge in [0.05, 0.1) is 18.1 Å². The van der Waals surface area contributed by atoms with Crippen LogP contribution in [0.25, 0.3) is 0 Å². The number of hydrogen-bond donors (Lipinski definition) is 0. The highest BCUT2D eigenvalue weighted by atomic mass is 16.7. The van der Waals surface area contributed by atoms with E-state index in [0.717, 1.165) is 17.5 Å². The fraction of sp³-hybridized carbons (Fsp3) is 0.333. The molecule has 1 saturated heterocycles. The second-order valence-corrected chi connectivity index (χ2v) is 5.49. The molecule has 5 nitrogen and oxygen atoms in total. The third kappa shape index (κ3) is 2.85. The maximum absolute atomic E-state index is 11.2. The van der Waals surface area contributed by atoms with E-state index in [4.69, 9.17) is 9.47 Å². The van der Waals surface area contributed by atoms with Crippen molar-refractivity contribution in [2.24, 2.45) is 0 Å². The Morgan fingerprint density at radius 2 is 1.78 bits per heavy atom. The summed E-state index contributed by atoms with van der Waals surface area (Å²) in [6.45, 7) is 3.09. The lowest BCUT2D eigenvalue weighted by Gasteiger charge is -2.38. The molecule has 0 saturated carbocycles. The fourth-order valence-electron chi connectivity index (χ4n) is 2.94. The minimum absolute atomic E-state index is 0.135. The van der Waals surface area contributed by atoms with Gasteiger partial charge < -0.3 is 9.47 Å². The molecule has 2 aromatic rings. The number of nitro benzene ring substituents is 1. The van der Waals surface area contributed by atoms with Gasteiger partial charge in [-0.05, 0) is 25.0 Å². The third-order valence-corrected chi connectivity index (χ3v) is 4.09. The van der Waals surface area contributed by atoms with Gasteiger partial charge >= 0.3 is 0 Å². The maximum Gasteiger partial charge on any atom is 0.272 e. The van der Waals surface area contributed by atoms with Crippen molar-refractivity contribution in [1.29, 1.82) is 0 Å². The lowest BCUT2D eigenvalue weighted by Crippen LogP contribution is -2.39. The highest BCUT2D eigenvalue weighted by Crippen LogP contribution is 2.39. The molecule has 23 heavy (non-hydrogen) atoms. The summed E-state index contributed by atoms with van der Waals surface area (Å²) in [6.07, 6.45) is 1.41. The number of rotatable bonds is 4. The van der Waals surface area contributed by atoms with Crippen molar-refractivity contribution in [3.8, 4) is 0 Å². The van der Waals surface area contributed by atoms with Gasteiger partial charge in [-0.2, -0.15) is 0 Å². The van der Waals surface area contributed by atoms with Crippen LogP contribution in [0.3, 0.4) is 0 Å². The van der Waals surface area contributed by atoms with Gasteiger partial charge in [0.25, 0.3) is 5.69 Å². The van der Waals surface area contributed by atoms with E-state index in [9.17, 15) is 10.1 Å². The number of aryl methyl sites for hydroxylation is 1. The van der Waals surface area contributed by atoms with E-state index in [0.29, 0.717) is 25.2 Å². The standard InChI is InChI=1S/C18H19NO4/c1-2-14-13-16(9-10-17(14)19(20)21)18(22-11-6-12-23-18)15-7-4-3-5-8-15/h3-5,7-10,13H,2,6,11-12H2,1H3. The van der Waals surface area contributed by atoms with Gasteiger partial charge in [-0.1, -0.05) is 37.3 Å². The molecule has 0 radical (unpaired) electrons. The molecule has 0 unspecified atom stereocenters. The largest absolute Gasteiger partial charge is 0.342 e. The molecule has 0 amide bonds. The highest BCUT2D eigenvalue weighted by molar-refractivity contribution is 5.46. The molecule has 0 bridgehead atoms. The predicted octanol–water partition coefficient (Wildman–Crippen LogP) is 3.80. The van der Waals surface area contributed by atoms with E-state index in [2.05, 4.69) is 0 Å². The zero-order chi connectivity index (χ0) is 16.3. The van der Waals surface area contributed by atoms with Crippen LogP contribution in [0.5, 0.6) is 0 Å². The number of ether oxygens (including phenoxy) is 2. The first-order valence-corrected chi connectivity index (χ1v) is 7.78. The molecule has 1 aliphatic heterocycles. The van der Waals surface area contributed by atoms with Crippen LogP contribution in [-0.2, 0) is 21.7 Å². The second kappa shape index (κ2) is 6.48. The molecule has 1 fully saturated rings. The summed E-state index contributed by atoms with van der Waals surface area (Å²) >= 11 is 0. The molecule has 1 heterocycles. The van der Waals surface area contributed by atoms with Crippen LogP contribution in [0.15, 0.2) is 48.5 Å². The molecule has 3 rings (SSSR count). The maximum atomic E-state index is 11.2. The zero-order valence-corrected chi connectivity index (χ0v) is 13.0. The molecule has 0 spiro atoms. The number of benzene rings is 2. The number of nitrogens with zero attached hydrogens (tertiary/aromatic N) is 1. The SMILES string of the molecule is CCc1cc(C2(c3ccccc3)OCCCO2)ccc1[N+](=O)[O-]. The predicted molar refractivity (Wildman–Crippen MR) is 86.2 cm³/mol. The van der Waals surface area contributed by atoms with Crippen LogP contribution < -0.4 is 0 Å². The second-order valence-electron chi connectivity index (χ2n) is 5.49. The normalized spacial score (nSPS) is 16.9. The topological polar surface area (TPSA) is 61.6 Å². The highest BCUT2D eigenvalue weighted by Gasteiger charge is 2.39. The molecule has 2 aromatic carbocycles. The minimum Gasteiger partial charge on any atom is -0.342 e. The average molecular weight is 313 g/mol. The van der Waals surface area contributed by atoms with Crippen LogP contribution in [-0.4, -0.2) is 18.1 Å². The Bertz CT molecular complexity index is 693. The molecule has 0 aromatic heterocycles. The fourth-order valence-corrected chi connectivity index (χ4v) is 2.94. The Labute approximate surface area is 135 Å². The summed E-state index contributed by atoms with van der Waals surface area (Å²) in [7, 11) is 0. The molecule has 1 aliphatic rings. The Kier molecular flexibility index (Phi) is 4.41. The van der Waals surface area contributed by atoms with E-state index in [-0.39, 0.29) is 10.6 Å². The molecule has 5 heteroatoms. The van der Waals surface area contributed by atoms with Crippen LogP contribution in [0.1, 0.15) is 30.0 Å². The van der Waals surface area contributed by atoms with E-state index < -0.39 is 5.79 Å². The Hall–Kier alpha value is -2.24. The quantitative estimate of drug-likeness (QED) is 0.636. The van der Waals surface area contributed by atoms with Crippen molar-refractivity contribution in [2.45, 2.75) is 25.6 Å². The summed E-state index contributed by atoms with van der Waals surface area (Å²) in [6, 6.07) is 14.8. The average Bonchev–Trinajstić information content (AvgIpc) is 2.62. The van der Waals surface area contributed by atoms with Crippen molar-refractivity contribution in [3.63, 3.8) is 0 Å².